The minimum atomic E-state index is -0.248. The molecule has 0 spiro atoms. The predicted molar refractivity (Wildman–Crippen MR) is 136 cm³/mol. The highest BCUT2D eigenvalue weighted by Gasteiger charge is 2.24. The number of hydrogen-bond donors (Lipinski definition) is 1. The lowest BCUT2D eigenvalue weighted by Crippen LogP contribution is -2.19. The first kappa shape index (κ1) is 23.5. The summed E-state index contributed by atoms with van der Waals surface area (Å²) in [7, 11) is 1.56. The van der Waals surface area contributed by atoms with Gasteiger partial charge in [0.05, 0.1) is 22.7 Å². The number of nitrogens with one attached hydrogen (secondary N) is 1. The zero-order chi connectivity index (χ0) is 23.4. The summed E-state index contributed by atoms with van der Waals surface area (Å²) in [6.07, 6.45) is 1.76. The van der Waals surface area contributed by atoms with Gasteiger partial charge in [0.2, 0.25) is 0 Å². The summed E-state index contributed by atoms with van der Waals surface area (Å²) in [6, 6.07) is 17.9. The molecule has 0 bridgehead atoms. The number of methoxy groups -OCH3 is 1. The van der Waals surface area contributed by atoms with Gasteiger partial charge in [0, 0.05) is 15.6 Å². The summed E-state index contributed by atoms with van der Waals surface area (Å²) >= 11 is 19.5. The molecule has 9 heteroatoms. The van der Waals surface area contributed by atoms with E-state index in [1.54, 1.807) is 43.5 Å². The Morgan fingerprint density at radius 1 is 1.00 bits per heavy atom. The minimum Gasteiger partial charge on any atom is -0.493 e. The SMILES string of the molecule is COc1cc(/C=C2\SC(=Nc3ccc(Cl)cc3Cl)NC2=O)ccc1OCc1ccccc1Cl. The molecule has 33 heavy (non-hydrogen) atoms. The maximum absolute atomic E-state index is 12.4. The number of thioether (sulfide) groups is 1. The van der Waals surface area contributed by atoms with E-state index in [4.69, 9.17) is 44.3 Å². The molecule has 1 N–H and O–H groups in total. The number of carbonyl (C=O) groups excluding carboxylic acids is 1. The summed E-state index contributed by atoms with van der Waals surface area (Å²) in [5.74, 6) is 0.867. The number of rotatable bonds is 6. The van der Waals surface area contributed by atoms with Crippen LogP contribution in [0.4, 0.5) is 5.69 Å². The molecule has 1 fully saturated rings. The molecule has 1 heterocycles. The Balaban J connectivity index is 1.50. The molecule has 0 saturated carbocycles. The fourth-order valence-electron chi connectivity index (χ4n) is 2.98. The minimum absolute atomic E-state index is 0.248. The van der Waals surface area contributed by atoms with Crippen LogP contribution >= 0.6 is 46.6 Å². The smallest absolute Gasteiger partial charge is 0.264 e. The van der Waals surface area contributed by atoms with Crippen molar-refractivity contribution in [2.24, 2.45) is 4.99 Å². The van der Waals surface area contributed by atoms with Crippen molar-refractivity contribution >= 4 is 69.4 Å². The van der Waals surface area contributed by atoms with Gasteiger partial charge in [-0.05, 0) is 59.8 Å². The molecule has 3 aromatic carbocycles. The summed E-state index contributed by atoms with van der Waals surface area (Å²) in [5, 5.41) is 4.73. The van der Waals surface area contributed by atoms with E-state index in [0.29, 0.717) is 48.9 Å². The Morgan fingerprint density at radius 3 is 2.58 bits per heavy atom. The summed E-state index contributed by atoms with van der Waals surface area (Å²) < 4.78 is 11.4. The van der Waals surface area contributed by atoms with Gasteiger partial charge in [0.15, 0.2) is 16.7 Å². The van der Waals surface area contributed by atoms with Gasteiger partial charge in [0.25, 0.3) is 5.91 Å². The second kappa shape index (κ2) is 10.5. The van der Waals surface area contributed by atoms with Crippen LogP contribution in [-0.4, -0.2) is 18.2 Å². The molecule has 1 saturated heterocycles. The number of benzene rings is 3. The van der Waals surface area contributed by atoms with Crippen LogP contribution in [0.3, 0.4) is 0 Å². The molecule has 168 valence electrons. The molecule has 5 nitrogen and oxygen atoms in total. The molecule has 0 aromatic heterocycles. The van der Waals surface area contributed by atoms with Crippen molar-refractivity contribution in [3.05, 3.63) is 91.8 Å². The van der Waals surface area contributed by atoms with E-state index in [9.17, 15) is 4.79 Å². The van der Waals surface area contributed by atoms with Gasteiger partial charge in [-0.1, -0.05) is 59.1 Å². The summed E-state index contributed by atoms with van der Waals surface area (Å²) in [4.78, 5) is 17.3. The topological polar surface area (TPSA) is 59.9 Å². The van der Waals surface area contributed by atoms with Crippen molar-refractivity contribution in [3.63, 3.8) is 0 Å². The largest absolute Gasteiger partial charge is 0.493 e. The van der Waals surface area contributed by atoms with Crippen LogP contribution in [0.15, 0.2) is 70.6 Å². The lowest BCUT2D eigenvalue weighted by molar-refractivity contribution is -0.115. The van der Waals surface area contributed by atoms with Gasteiger partial charge in [-0.3, -0.25) is 4.79 Å². The van der Waals surface area contributed by atoms with Crippen LogP contribution in [-0.2, 0) is 11.4 Å². The first-order valence-electron chi connectivity index (χ1n) is 9.72. The zero-order valence-corrected chi connectivity index (χ0v) is 20.4. The second-order valence-corrected chi connectivity index (χ2v) is 9.15. The molecule has 1 amide bonds. The number of carbonyl (C=O) groups is 1. The Kier molecular flexibility index (Phi) is 7.50. The molecule has 4 rings (SSSR count). The standard InChI is InChI=1S/C24H17Cl3N2O3S/c1-31-21-10-14(6-9-20(21)32-13-15-4-2-3-5-17(15)26)11-22-23(30)29-24(33-22)28-19-8-7-16(25)12-18(19)27/h2-12H,13H2,1H3,(H,28,29,30)/b22-11-. The van der Waals surface area contributed by atoms with Gasteiger partial charge < -0.3 is 14.8 Å². The van der Waals surface area contributed by atoms with Crippen LogP contribution in [0.1, 0.15) is 11.1 Å². The van der Waals surface area contributed by atoms with Crippen LogP contribution in [0, 0.1) is 0 Å². The van der Waals surface area contributed by atoms with Gasteiger partial charge >= 0.3 is 0 Å². The number of amidine groups is 1. The average molecular weight is 520 g/mol. The van der Waals surface area contributed by atoms with Crippen molar-refractivity contribution < 1.29 is 14.3 Å². The van der Waals surface area contributed by atoms with Gasteiger partial charge in [0.1, 0.15) is 6.61 Å². The molecular formula is C24H17Cl3N2O3S. The Labute approximate surface area is 210 Å². The van der Waals surface area contributed by atoms with Gasteiger partial charge in [-0.2, -0.15) is 0 Å². The molecule has 0 radical (unpaired) electrons. The molecule has 1 aliphatic heterocycles. The highest BCUT2D eigenvalue weighted by molar-refractivity contribution is 8.18. The van der Waals surface area contributed by atoms with Crippen LogP contribution in [0.25, 0.3) is 6.08 Å². The quantitative estimate of drug-likeness (QED) is 0.352. The van der Waals surface area contributed by atoms with E-state index in [0.717, 1.165) is 11.1 Å². The van der Waals surface area contributed by atoms with E-state index < -0.39 is 0 Å². The fraction of sp³-hybridized carbons (Fsp3) is 0.0833. The van der Waals surface area contributed by atoms with Crippen LogP contribution < -0.4 is 14.8 Å². The molecule has 1 aliphatic rings. The van der Waals surface area contributed by atoms with Crippen molar-refractivity contribution in [1.29, 1.82) is 0 Å². The third-order valence-corrected chi connectivity index (χ3v) is 6.43. The first-order valence-corrected chi connectivity index (χ1v) is 11.7. The molecule has 0 aliphatic carbocycles. The molecule has 0 unspecified atom stereocenters. The lowest BCUT2D eigenvalue weighted by atomic mass is 10.2. The Hall–Kier alpha value is -2.64. The van der Waals surface area contributed by atoms with Crippen molar-refractivity contribution in [2.75, 3.05) is 7.11 Å². The molecular weight excluding hydrogens is 503 g/mol. The number of hydrogen-bond acceptors (Lipinski definition) is 5. The number of ether oxygens (including phenoxy) is 2. The number of halogens is 3. The van der Waals surface area contributed by atoms with Crippen molar-refractivity contribution in [3.8, 4) is 11.5 Å². The summed E-state index contributed by atoms with van der Waals surface area (Å²) in [5.41, 5.74) is 2.17. The van der Waals surface area contributed by atoms with E-state index in [1.165, 1.54) is 11.8 Å². The number of amides is 1. The molecule has 0 atom stereocenters. The number of nitrogens with zero attached hydrogens (tertiary/aromatic N) is 1. The molecule has 3 aromatic rings. The zero-order valence-electron chi connectivity index (χ0n) is 17.3. The Morgan fingerprint density at radius 2 is 1.82 bits per heavy atom. The second-order valence-electron chi connectivity index (χ2n) is 6.87. The monoisotopic (exact) mass is 518 g/mol. The van der Waals surface area contributed by atoms with Crippen LogP contribution in [0.2, 0.25) is 15.1 Å². The Bertz CT molecular complexity index is 1280. The lowest BCUT2D eigenvalue weighted by Gasteiger charge is -2.12. The highest BCUT2D eigenvalue weighted by Crippen LogP contribution is 2.34. The van der Waals surface area contributed by atoms with Crippen molar-refractivity contribution in [1.82, 2.24) is 5.32 Å². The van der Waals surface area contributed by atoms with E-state index in [-0.39, 0.29) is 5.91 Å². The predicted octanol–water partition coefficient (Wildman–Crippen LogP) is 7.13. The normalized spacial score (nSPS) is 15.7. The highest BCUT2D eigenvalue weighted by atomic mass is 35.5. The van der Waals surface area contributed by atoms with Gasteiger partial charge in [-0.25, -0.2) is 4.99 Å². The third-order valence-electron chi connectivity index (χ3n) is 4.61. The van der Waals surface area contributed by atoms with E-state index in [2.05, 4.69) is 10.3 Å². The van der Waals surface area contributed by atoms with Crippen LogP contribution in [0.5, 0.6) is 11.5 Å². The van der Waals surface area contributed by atoms with E-state index in [1.807, 2.05) is 30.3 Å². The van der Waals surface area contributed by atoms with Crippen molar-refractivity contribution in [2.45, 2.75) is 6.61 Å². The summed E-state index contributed by atoms with van der Waals surface area (Å²) in [6.45, 7) is 0.307. The third kappa shape index (κ3) is 5.84. The first-order chi connectivity index (χ1) is 15.9. The average Bonchev–Trinajstić information content (AvgIpc) is 3.14. The maximum atomic E-state index is 12.4. The van der Waals surface area contributed by atoms with Gasteiger partial charge in [-0.15, -0.1) is 0 Å². The fourth-order valence-corrected chi connectivity index (χ4v) is 4.45. The maximum Gasteiger partial charge on any atom is 0.264 e. The van der Waals surface area contributed by atoms with E-state index >= 15 is 0 Å². The number of aliphatic imine (C=N–C) groups is 1.